The molecule has 0 radical (unpaired) electrons. The largest absolute Gasteiger partial charge is 0.378 e. The molecule has 220 valence electrons. The number of nitrogens with zero attached hydrogens (tertiary/aromatic N) is 3. The van der Waals surface area contributed by atoms with E-state index in [1.165, 1.54) is 21.2 Å². The molecule has 0 bridgehead atoms. The maximum Gasteiger partial charge on any atom is 0.308 e. The fraction of sp³-hybridized carbons (Fsp3) is 0.176. The number of amides is 3. The first-order valence-electron chi connectivity index (χ1n) is 14.2. The SMILES string of the molecule is CN(C)c1ccc([C@H]2c3sc(=O)n(CC(=O)Nc4cccc5ccccc45)c3SC3C(=O)N(c4ccccc4)C(=O)C32)cc1. The van der Waals surface area contributed by atoms with E-state index in [2.05, 4.69) is 5.32 Å². The van der Waals surface area contributed by atoms with E-state index in [9.17, 15) is 19.2 Å². The molecule has 0 spiro atoms. The Morgan fingerprint density at radius 3 is 2.30 bits per heavy atom. The van der Waals surface area contributed by atoms with Crippen molar-refractivity contribution in [3.63, 3.8) is 0 Å². The van der Waals surface area contributed by atoms with Gasteiger partial charge in [0.05, 0.1) is 16.6 Å². The maximum absolute atomic E-state index is 14.0. The van der Waals surface area contributed by atoms with Crippen LogP contribution in [0, 0.1) is 5.92 Å². The van der Waals surface area contributed by atoms with Gasteiger partial charge in [-0.05, 0) is 41.3 Å². The zero-order chi connectivity index (χ0) is 30.5. The molecule has 44 heavy (non-hydrogen) atoms. The standard InChI is InChI=1S/C34H28N4O4S2/c1-36(2)22-17-15-21(16-18-22)27-28-29(32(41)38(31(28)40)23-11-4-3-5-12-23)43-33-30(27)44-34(42)37(33)19-26(39)35-25-14-8-10-20-9-6-7-13-24(20)25/h3-18,27-29H,19H2,1-2H3,(H,35,39)/t27-,28?,29?/m1/s1. The molecule has 7 rings (SSSR count). The minimum absolute atomic E-state index is 0.213. The van der Waals surface area contributed by atoms with Gasteiger partial charge in [-0.1, -0.05) is 89.8 Å². The molecular weight excluding hydrogens is 593 g/mol. The van der Waals surface area contributed by atoms with Crippen LogP contribution in [0.4, 0.5) is 17.1 Å². The van der Waals surface area contributed by atoms with Crippen molar-refractivity contribution < 1.29 is 14.4 Å². The molecule has 1 fully saturated rings. The zero-order valence-corrected chi connectivity index (χ0v) is 25.6. The first-order chi connectivity index (χ1) is 21.3. The van der Waals surface area contributed by atoms with E-state index in [1.54, 1.807) is 24.3 Å². The van der Waals surface area contributed by atoms with E-state index < -0.39 is 17.1 Å². The average Bonchev–Trinajstić information content (AvgIpc) is 3.47. The Balaban J connectivity index is 1.28. The second kappa shape index (κ2) is 11.1. The number of para-hydroxylation sites is 1. The van der Waals surface area contributed by atoms with Gasteiger partial charge in [0.1, 0.15) is 11.8 Å². The van der Waals surface area contributed by atoms with Gasteiger partial charge in [0, 0.05) is 41.7 Å². The van der Waals surface area contributed by atoms with Gasteiger partial charge in [0.25, 0.3) is 0 Å². The summed E-state index contributed by atoms with van der Waals surface area (Å²) in [7, 11) is 3.90. The molecule has 2 unspecified atom stereocenters. The minimum atomic E-state index is -0.741. The van der Waals surface area contributed by atoms with E-state index in [0.29, 0.717) is 21.3 Å². The highest BCUT2D eigenvalue weighted by atomic mass is 32.2. The van der Waals surface area contributed by atoms with E-state index in [1.807, 2.05) is 91.8 Å². The number of carbonyl (C=O) groups is 3. The second-order valence-electron chi connectivity index (χ2n) is 11.1. The molecule has 5 aromatic rings. The number of carbonyl (C=O) groups excluding carboxylic acids is 3. The molecule has 1 N–H and O–H groups in total. The lowest BCUT2D eigenvalue weighted by molar-refractivity contribution is -0.122. The van der Waals surface area contributed by atoms with Gasteiger partial charge in [0.15, 0.2) is 0 Å². The molecular formula is C34H28N4O4S2. The van der Waals surface area contributed by atoms with Gasteiger partial charge in [-0.2, -0.15) is 0 Å². The first kappa shape index (κ1) is 28.1. The Labute approximate surface area is 261 Å². The van der Waals surface area contributed by atoms with Gasteiger partial charge < -0.3 is 10.2 Å². The van der Waals surface area contributed by atoms with Crippen molar-refractivity contribution >= 4 is 68.7 Å². The summed E-state index contributed by atoms with van der Waals surface area (Å²) in [6, 6.07) is 30.2. The summed E-state index contributed by atoms with van der Waals surface area (Å²) in [6.07, 6.45) is 0. The van der Waals surface area contributed by atoms with Crippen LogP contribution < -0.4 is 20.0 Å². The van der Waals surface area contributed by atoms with Crippen LogP contribution in [0.1, 0.15) is 16.4 Å². The number of anilines is 3. The first-order valence-corrected chi connectivity index (χ1v) is 15.9. The number of fused-ring (bicyclic) bond motifs is 3. The quantitative estimate of drug-likeness (QED) is 0.250. The summed E-state index contributed by atoms with van der Waals surface area (Å²) in [5.41, 5.74) is 3.02. The number of hydrogen-bond acceptors (Lipinski definition) is 7. The lowest BCUT2D eigenvalue weighted by Crippen LogP contribution is -2.33. The number of benzene rings is 4. The van der Waals surface area contributed by atoms with E-state index in [0.717, 1.165) is 33.4 Å². The lowest BCUT2D eigenvalue weighted by atomic mass is 9.83. The van der Waals surface area contributed by atoms with Crippen LogP contribution in [0.15, 0.2) is 107 Å². The second-order valence-corrected chi connectivity index (χ2v) is 13.2. The van der Waals surface area contributed by atoms with Crippen molar-refractivity contribution in [1.29, 1.82) is 0 Å². The maximum atomic E-state index is 14.0. The Kier molecular flexibility index (Phi) is 7.10. The number of aromatic nitrogens is 1. The normalized spacial score (nSPS) is 19.1. The Morgan fingerprint density at radius 1 is 0.841 bits per heavy atom. The highest BCUT2D eigenvalue weighted by Gasteiger charge is 2.56. The van der Waals surface area contributed by atoms with E-state index in [-0.39, 0.29) is 29.1 Å². The summed E-state index contributed by atoms with van der Waals surface area (Å²) >= 11 is 2.26. The van der Waals surface area contributed by atoms with E-state index >= 15 is 0 Å². The smallest absolute Gasteiger partial charge is 0.308 e. The number of nitrogens with one attached hydrogen (secondary N) is 1. The molecule has 3 heterocycles. The van der Waals surface area contributed by atoms with Gasteiger partial charge in [0.2, 0.25) is 17.7 Å². The summed E-state index contributed by atoms with van der Waals surface area (Å²) in [5, 5.41) is 4.69. The van der Waals surface area contributed by atoms with Crippen LogP contribution in [0.3, 0.4) is 0 Å². The van der Waals surface area contributed by atoms with Crippen LogP contribution in [0.5, 0.6) is 0 Å². The highest BCUT2D eigenvalue weighted by Crippen LogP contribution is 2.54. The summed E-state index contributed by atoms with van der Waals surface area (Å²) in [5.74, 6) is -2.16. The topological polar surface area (TPSA) is 91.7 Å². The molecule has 10 heteroatoms. The number of thioether (sulfide) groups is 1. The molecule has 0 saturated carbocycles. The van der Waals surface area contributed by atoms with E-state index in [4.69, 9.17) is 0 Å². The zero-order valence-electron chi connectivity index (χ0n) is 24.0. The molecule has 0 aliphatic carbocycles. The minimum Gasteiger partial charge on any atom is -0.378 e. The fourth-order valence-electron chi connectivity index (χ4n) is 6.09. The van der Waals surface area contributed by atoms with Crippen LogP contribution in [0.2, 0.25) is 0 Å². The molecule has 4 aromatic carbocycles. The van der Waals surface area contributed by atoms with Crippen molar-refractivity contribution in [2.75, 3.05) is 29.2 Å². The molecule has 3 amide bonds. The van der Waals surface area contributed by atoms with Crippen molar-refractivity contribution in [2.45, 2.75) is 22.7 Å². The molecule has 2 aliphatic rings. The van der Waals surface area contributed by atoms with Gasteiger partial charge in [-0.25, -0.2) is 4.90 Å². The number of thiazole rings is 1. The molecule has 2 aliphatic heterocycles. The van der Waals surface area contributed by atoms with Crippen molar-refractivity contribution in [2.24, 2.45) is 5.92 Å². The Bertz CT molecular complexity index is 1980. The summed E-state index contributed by atoms with van der Waals surface area (Å²) in [6.45, 7) is -0.213. The number of hydrogen-bond donors (Lipinski definition) is 1. The molecule has 8 nitrogen and oxygen atoms in total. The van der Waals surface area contributed by atoms with Crippen LogP contribution >= 0.6 is 23.1 Å². The van der Waals surface area contributed by atoms with Gasteiger partial charge in [-0.15, -0.1) is 0 Å². The average molecular weight is 621 g/mol. The van der Waals surface area contributed by atoms with Gasteiger partial charge in [-0.3, -0.25) is 23.7 Å². The Hall–Kier alpha value is -4.67. The predicted molar refractivity (Wildman–Crippen MR) is 176 cm³/mol. The highest BCUT2D eigenvalue weighted by molar-refractivity contribution is 8.00. The van der Waals surface area contributed by atoms with Crippen LogP contribution in [0.25, 0.3) is 10.8 Å². The lowest BCUT2D eigenvalue weighted by Gasteiger charge is -2.31. The summed E-state index contributed by atoms with van der Waals surface area (Å²) in [4.78, 5) is 58.5. The van der Waals surface area contributed by atoms with Crippen LogP contribution in [-0.2, 0) is 20.9 Å². The predicted octanol–water partition coefficient (Wildman–Crippen LogP) is 5.56. The molecule has 1 saturated heterocycles. The number of rotatable bonds is 6. The third-order valence-corrected chi connectivity index (χ3v) is 10.8. The third kappa shape index (κ3) is 4.71. The Morgan fingerprint density at radius 2 is 1.55 bits per heavy atom. The van der Waals surface area contributed by atoms with Crippen LogP contribution in [-0.4, -0.2) is 41.6 Å². The number of imide groups is 1. The monoisotopic (exact) mass is 620 g/mol. The van der Waals surface area contributed by atoms with Crippen molar-refractivity contribution in [1.82, 2.24) is 4.57 Å². The van der Waals surface area contributed by atoms with Crippen molar-refractivity contribution in [3.8, 4) is 0 Å². The fourth-order valence-corrected chi connectivity index (χ4v) is 8.87. The summed E-state index contributed by atoms with van der Waals surface area (Å²) < 4.78 is 1.45. The van der Waals surface area contributed by atoms with Crippen molar-refractivity contribution in [3.05, 3.63) is 117 Å². The van der Waals surface area contributed by atoms with Gasteiger partial charge >= 0.3 is 4.87 Å². The molecule has 1 aromatic heterocycles. The third-order valence-electron chi connectivity index (χ3n) is 8.20. The molecule has 3 atom stereocenters.